The minimum atomic E-state index is -1.33. The van der Waals surface area contributed by atoms with E-state index in [9.17, 15) is 19.1 Å². The molecule has 4 rings (SSSR count). The molecular weight excluding hydrogens is 590 g/mol. The number of likely N-dealkylation sites (N-methyl/N-ethyl adjacent to an activating group) is 2. The van der Waals surface area contributed by atoms with Crippen LogP contribution in [0.1, 0.15) is 99.5 Å². The van der Waals surface area contributed by atoms with Gasteiger partial charge in [0.1, 0.15) is 23.6 Å². The molecule has 0 bridgehead atoms. The van der Waals surface area contributed by atoms with Gasteiger partial charge in [-0.25, -0.2) is 13.6 Å². The average molecular weight is 648 g/mol. The molecule has 0 spiro atoms. The second-order valence-electron chi connectivity index (χ2n) is 16.8. The van der Waals surface area contributed by atoms with E-state index in [0.717, 1.165) is 31.7 Å². The van der Waals surface area contributed by atoms with Gasteiger partial charge in [0.05, 0.1) is 25.1 Å². The summed E-state index contributed by atoms with van der Waals surface area (Å²) in [5.41, 5.74) is -2.37. The number of quaternary nitrogens is 1. The largest absolute Gasteiger partial charge is 0.395 e. The number of likely N-dealkylation sites (tertiary alicyclic amines) is 2. The van der Waals surface area contributed by atoms with Crippen LogP contribution in [0.5, 0.6) is 0 Å². The van der Waals surface area contributed by atoms with Crippen molar-refractivity contribution in [2.24, 2.45) is 10.8 Å². The van der Waals surface area contributed by atoms with Gasteiger partial charge in [-0.3, -0.25) is 19.0 Å². The summed E-state index contributed by atoms with van der Waals surface area (Å²) in [5.74, 6) is -2.23. The Morgan fingerprint density at radius 1 is 1.07 bits per heavy atom. The average Bonchev–Trinajstić information content (AvgIpc) is 3.57. The molecule has 1 aromatic rings. The quantitative estimate of drug-likeness (QED) is 0.397. The highest BCUT2D eigenvalue weighted by Crippen LogP contribution is 2.46. The Hall–Kier alpha value is -2.43. The Balaban J connectivity index is 1.83. The first-order valence-corrected chi connectivity index (χ1v) is 17.0. The standard InChI is InChI=1S/C36H56F2N4O4/c1-10-39-30(44)29-20-26(41(31(45)35(7,8)23-43)25-13-15-34(5,6)16-14-25)21-42(29,9)32(46)36(17-18-40(22-36)33(2,3)4)27-12-11-24(37)19-28(27)38/h11-12,19,25-26,29,43H,10,13-18,20-23H2,1-9H3/p+1/t26-,29+,36-,42?/m1/s1. The Kier molecular flexibility index (Phi) is 10.2. The Bertz CT molecular complexity index is 1320. The number of aliphatic hydroxyl groups excluding tert-OH is 1. The summed E-state index contributed by atoms with van der Waals surface area (Å²) in [6.45, 7) is 16.9. The molecule has 1 aliphatic carbocycles. The van der Waals surface area contributed by atoms with Crippen molar-refractivity contribution in [1.29, 1.82) is 0 Å². The van der Waals surface area contributed by atoms with E-state index in [0.29, 0.717) is 19.5 Å². The van der Waals surface area contributed by atoms with Gasteiger partial charge in [-0.15, -0.1) is 0 Å². The van der Waals surface area contributed by atoms with Crippen LogP contribution in [-0.2, 0) is 19.8 Å². The number of rotatable bonds is 8. The van der Waals surface area contributed by atoms with Crippen LogP contribution in [0.15, 0.2) is 18.2 Å². The highest BCUT2D eigenvalue weighted by molar-refractivity contribution is 5.89. The third-order valence-corrected chi connectivity index (χ3v) is 11.3. The lowest BCUT2D eigenvalue weighted by atomic mass is 9.74. The van der Waals surface area contributed by atoms with Gasteiger partial charge >= 0.3 is 5.91 Å². The van der Waals surface area contributed by atoms with Gasteiger partial charge < -0.3 is 15.3 Å². The van der Waals surface area contributed by atoms with Crippen molar-refractivity contribution in [3.63, 3.8) is 0 Å². The predicted octanol–water partition coefficient (Wildman–Crippen LogP) is 4.77. The summed E-state index contributed by atoms with van der Waals surface area (Å²) in [7, 11) is 1.76. The molecule has 8 nitrogen and oxygen atoms in total. The molecular formula is C36H57F2N4O4+. The van der Waals surface area contributed by atoms with E-state index in [1.54, 1.807) is 20.9 Å². The number of hydrogen-bond donors (Lipinski definition) is 2. The third-order valence-electron chi connectivity index (χ3n) is 11.3. The molecule has 46 heavy (non-hydrogen) atoms. The van der Waals surface area contributed by atoms with E-state index < -0.39 is 34.5 Å². The van der Waals surface area contributed by atoms with E-state index in [1.165, 1.54) is 12.1 Å². The van der Waals surface area contributed by atoms with Crippen molar-refractivity contribution in [3.8, 4) is 0 Å². The number of nitrogens with one attached hydrogen (secondary N) is 1. The van der Waals surface area contributed by atoms with Crippen molar-refractivity contribution in [3.05, 3.63) is 35.4 Å². The summed E-state index contributed by atoms with van der Waals surface area (Å²) < 4.78 is 29.6. The van der Waals surface area contributed by atoms with Crippen molar-refractivity contribution < 1.29 is 32.8 Å². The van der Waals surface area contributed by atoms with Crippen LogP contribution in [0.4, 0.5) is 8.78 Å². The summed E-state index contributed by atoms with van der Waals surface area (Å²) in [6, 6.07) is 2.08. The second-order valence-corrected chi connectivity index (χ2v) is 16.8. The Morgan fingerprint density at radius 2 is 1.70 bits per heavy atom. The van der Waals surface area contributed by atoms with Crippen LogP contribution in [0.3, 0.4) is 0 Å². The van der Waals surface area contributed by atoms with Crippen LogP contribution in [0.2, 0.25) is 0 Å². The first-order chi connectivity index (χ1) is 21.2. The zero-order valence-corrected chi connectivity index (χ0v) is 29.5. The lowest BCUT2D eigenvalue weighted by Gasteiger charge is -2.45. The highest BCUT2D eigenvalue weighted by atomic mass is 19.1. The molecule has 3 aliphatic rings. The lowest BCUT2D eigenvalue weighted by molar-refractivity contribution is -0.840. The predicted molar refractivity (Wildman–Crippen MR) is 175 cm³/mol. The maximum absolute atomic E-state index is 15.7. The zero-order chi connectivity index (χ0) is 34.5. The van der Waals surface area contributed by atoms with Crippen LogP contribution < -0.4 is 5.32 Å². The van der Waals surface area contributed by atoms with Crippen LogP contribution in [0, 0.1) is 22.5 Å². The maximum Gasteiger partial charge on any atom is 0.326 e. The van der Waals surface area contributed by atoms with Crippen molar-refractivity contribution in [2.45, 2.75) is 123 Å². The molecule has 3 amide bonds. The third kappa shape index (κ3) is 6.76. The molecule has 1 aromatic carbocycles. The van der Waals surface area contributed by atoms with Crippen LogP contribution in [0.25, 0.3) is 0 Å². The molecule has 2 N–H and O–H groups in total. The topological polar surface area (TPSA) is 90.0 Å². The number of carbonyl (C=O) groups excluding carboxylic acids is 3. The minimum Gasteiger partial charge on any atom is -0.395 e. The number of carbonyl (C=O) groups is 3. The molecule has 258 valence electrons. The van der Waals surface area contributed by atoms with Gasteiger partial charge in [0.15, 0.2) is 6.04 Å². The van der Waals surface area contributed by atoms with E-state index in [1.807, 2.05) is 32.6 Å². The fourth-order valence-electron chi connectivity index (χ4n) is 8.18. The molecule has 1 saturated carbocycles. The monoisotopic (exact) mass is 647 g/mol. The Morgan fingerprint density at radius 3 is 2.22 bits per heavy atom. The van der Waals surface area contributed by atoms with E-state index in [4.69, 9.17) is 0 Å². The fourth-order valence-corrected chi connectivity index (χ4v) is 8.18. The number of halogens is 2. The van der Waals surface area contributed by atoms with Gasteiger partial charge in [-0.2, -0.15) is 0 Å². The summed E-state index contributed by atoms with van der Waals surface area (Å²) >= 11 is 0. The number of nitrogens with zero attached hydrogens (tertiary/aromatic N) is 3. The molecule has 0 aromatic heterocycles. The van der Waals surface area contributed by atoms with E-state index >= 15 is 9.18 Å². The highest BCUT2D eigenvalue weighted by Gasteiger charge is 2.63. The van der Waals surface area contributed by atoms with Crippen molar-refractivity contribution >= 4 is 17.7 Å². The van der Waals surface area contributed by atoms with Crippen molar-refractivity contribution in [1.82, 2.24) is 15.1 Å². The number of benzene rings is 1. The lowest BCUT2D eigenvalue weighted by Crippen LogP contribution is -2.65. The maximum atomic E-state index is 15.7. The number of hydrogen-bond acceptors (Lipinski definition) is 5. The minimum absolute atomic E-state index is 0.0840. The van der Waals surface area contributed by atoms with Gasteiger partial charge in [-0.1, -0.05) is 19.9 Å². The molecule has 4 atom stereocenters. The van der Waals surface area contributed by atoms with Crippen LogP contribution in [-0.4, -0.2) is 101 Å². The van der Waals surface area contributed by atoms with Gasteiger partial charge in [0.25, 0.3) is 5.91 Å². The first-order valence-electron chi connectivity index (χ1n) is 17.0. The molecule has 2 heterocycles. The first kappa shape index (κ1) is 36.4. The van der Waals surface area contributed by atoms with Crippen molar-refractivity contribution in [2.75, 3.05) is 39.8 Å². The molecule has 3 fully saturated rings. The number of amides is 3. The van der Waals surface area contributed by atoms with E-state index in [-0.39, 0.29) is 70.9 Å². The van der Waals surface area contributed by atoms with Gasteiger partial charge in [0.2, 0.25) is 5.91 Å². The van der Waals surface area contributed by atoms with Gasteiger partial charge in [-0.05, 0) is 85.1 Å². The molecule has 0 radical (unpaired) electrons. The summed E-state index contributed by atoms with van der Waals surface area (Å²) in [5, 5.41) is 13.2. The molecule has 1 unspecified atom stereocenters. The summed E-state index contributed by atoms with van der Waals surface area (Å²) in [6.07, 6.45) is 4.07. The normalized spacial score (nSPS) is 29.1. The van der Waals surface area contributed by atoms with Crippen LogP contribution >= 0.6 is 0 Å². The summed E-state index contributed by atoms with van der Waals surface area (Å²) in [4.78, 5) is 47.5. The zero-order valence-electron chi connectivity index (χ0n) is 29.5. The number of aliphatic hydroxyl groups is 1. The molecule has 10 heteroatoms. The smallest absolute Gasteiger partial charge is 0.326 e. The van der Waals surface area contributed by atoms with Gasteiger partial charge in [0, 0.05) is 49.3 Å². The SMILES string of the molecule is CCNC(=O)[C@@H]1C[C@@H](N(C(=O)C(C)(C)CO)C2CCC(C)(C)CC2)C[N+]1(C)C(=O)[C@]1(c2ccc(F)cc2F)CCN(C(C)(C)C)C1. The second kappa shape index (κ2) is 12.9. The van der Waals surface area contributed by atoms with E-state index in [2.05, 4.69) is 24.1 Å². The molecule has 2 aliphatic heterocycles. The fraction of sp³-hybridized carbons (Fsp3) is 0.750. The molecule has 2 saturated heterocycles. The Labute approximate surface area is 274 Å².